The fourth-order valence-corrected chi connectivity index (χ4v) is 4.51. The van der Waals surface area contributed by atoms with Crippen LogP contribution in [0, 0.1) is 0 Å². The van der Waals surface area contributed by atoms with E-state index in [4.69, 9.17) is 9.47 Å². The Morgan fingerprint density at radius 2 is 1.86 bits per heavy atom. The second-order valence-corrected chi connectivity index (χ2v) is 9.00. The lowest BCUT2D eigenvalue weighted by molar-refractivity contribution is -0.136. The lowest BCUT2D eigenvalue weighted by Gasteiger charge is -2.31. The first-order valence-corrected chi connectivity index (χ1v) is 12.2. The Morgan fingerprint density at radius 1 is 1.14 bits per heavy atom. The Balaban J connectivity index is 1.33. The van der Waals surface area contributed by atoms with Gasteiger partial charge < -0.3 is 19.5 Å². The van der Waals surface area contributed by atoms with E-state index in [-0.39, 0.29) is 43.3 Å². The van der Waals surface area contributed by atoms with Crippen molar-refractivity contribution < 1.29 is 33.8 Å². The van der Waals surface area contributed by atoms with Crippen molar-refractivity contribution in [3.63, 3.8) is 0 Å². The topological polar surface area (TPSA) is 138 Å². The molecule has 1 unspecified atom stereocenters. The molecule has 2 fully saturated rings. The molecule has 3 heterocycles. The number of aliphatic imine (C=N–C) groups is 1. The third-order valence-corrected chi connectivity index (χ3v) is 6.47. The number of nitrogens with one attached hydrogen (secondary N) is 1. The second-order valence-electron chi connectivity index (χ2n) is 9.00. The molecular weight excluding hydrogens is 480 g/mol. The van der Waals surface area contributed by atoms with Gasteiger partial charge in [-0.2, -0.15) is 0 Å². The van der Waals surface area contributed by atoms with Crippen LogP contribution < -0.4 is 10.1 Å². The van der Waals surface area contributed by atoms with E-state index in [1.165, 1.54) is 12.1 Å². The van der Waals surface area contributed by atoms with Gasteiger partial charge in [-0.25, -0.2) is 0 Å². The van der Waals surface area contributed by atoms with Gasteiger partial charge >= 0.3 is 0 Å². The number of benzene rings is 1. The molecular formula is C26H30N4O7. The Bertz CT molecular complexity index is 1170. The number of hydrogen-bond acceptors (Lipinski definition) is 9. The lowest BCUT2D eigenvalue weighted by Crippen LogP contribution is -2.54. The molecule has 11 heteroatoms. The van der Waals surface area contributed by atoms with Crippen LogP contribution in [0.3, 0.4) is 0 Å². The Labute approximate surface area is 214 Å². The van der Waals surface area contributed by atoms with Crippen LogP contribution in [0.15, 0.2) is 47.3 Å². The molecule has 196 valence electrons. The summed E-state index contributed by atoms with van der Waals surface area (Å²) in [6.07, 6.45) is 4.64. The van der Waals surface area contributed by atoms with Crippen molar-refractivity contribution >= 4 is 29.8 Å². The highest BCUT2D eigenvalue weighted by Gasteiger charge is 2.44. The molecule has 11 nitrogen and oxygen atoms in total. The molecule has 0 bridgehead atoms. The minimum atomic E-state index is -1.02. The van der Waals surface area contributed by atoms with Crippen LogP contribution in [0.25, 0.3) is 0 Å². The molecule has 1 aromatic rings. The molecule has 37 heavy (non-hydrogen) atoms. The molecule has 0 aromatic heterocycles. The first kappa shape index (κ1) is 26.1. The molecule has 4 rings (SSSR count). The van der Waals surface area contributed by atoms with E-state index in [9.17, 15) is 24.3 Å². The number of carbonyl (C=O) groups is 4. The van der Waals surface area contributed by atoms with Gasteiger partial charge in [-0.1, -0.05) is 6.58 Å². The Morgan fingerprint density at radius 3 is 2.57 bits per heavy atom. The van der Waals surface area contributed by atoms with Gasteiger partial charge in [-0.05, 0) is 37.5 Å². The smallest absolute Gasteiger partial charge is 0.262 e. The SMILES string of the molecule is C=C(/C=C(\C=N/C)OCCOc1ccc2c(c1)C(=O)N(C1CCC(=O)NC1=O)C2=O)N1CCC(O)CC1. The predicted molar refractivity (Wildman–Crippen MR) is 133 cm³/mol. The highest BCUT2D eigenvalue weighted by atomic mass is 16.5. The predicted octanol–water partition coefficient (Wildman–Crippen LogP) is 1.04. The van der Waals surface area contributed by atoms with Crippen molar-refractivity contribution in [2.75, 3.05) is 33.4 Å². The number of carbonyl (C=O) groups excluding carboxylic acids is 4. The molecule has 0 aliphatic carbocycles. The van der Waals surface area contributed by atoms with Gasteiger partial charge in [0.25, 0.3) is 11.8 Å². The highest BCUT2D eigenvalue weighted by Crippen LogP contribution is 2.30. The number of allylic oxidation sites excluding steroid dienone is 2. The average molecular weight is 511 g/mol. The van der Waals surface area contributed by atoms with E-state index in [0.29, 0.717) is 24.4 Å². The average Bonchev–Trinajstić information content (AvgIpc) is 3.11. The van der Waals surface area contributed by atoms with Crippen LogP contribution in [0.4, 0.5) is 0 Å². The summed E-state index contributed by atoms with van der Waals surface area (Å²) in [6.45, 7) is 5.88. The largest absolute Gasteiger partial charge is 0.490 e. The van der Waals surface area contributed by atoms with Gasteiger partial charge in [0.15, 0.2) is 0 Å². The van der Waals surface area contributed by atoms with Gasteiger partial charge in [0.1, 0.15) is 30.8 Å². The molecule has 4 amide bonds. The third-order valence-electron chi connectivity index (χ3n) is 6.47. The summed E-state index contributed by atoms with van der Waals surface area (Å²) in [4.78, 5) is 56.4. The number of ether oxygens (including phenoxy) is 2. The molecule has 0 radical (unpaired) electrons. The second kappa shape index (κ2) is 11.4. The van der Waals surface area contributed by atoms with Crippen LogP contribution in [0.5, 0.6) is 5.75 Å². The van der Waals surface area contributed by atoms with Crippen molar-refractivity contribution in [3.8, 4) is 5.75 Å². The summed E-state index contributed by atoms with van der Waals surface area (Å²) in [5.41, 5.74) is 1.10. The van der Waals surface area contributed by atoms with Crippen molar-refractivity contribution in [3.05, 3.63) is 53.4 Å². The number of amides is 4. The maximum Gasteiger partial charge on any atom is 0.262 e. The third kappa shape index (κ3) is 5.88. The number of imide groups is 2. The molecule has 1 aromatic carbocycles. The van der Waals surface area contributed by atoms with Crippen molar-refractivity contribution in [2.45, 2.75) is 37.8 Å². The number of nitrogens with zero attached hydrogens (tertiary/aromatic N) is 3. The monoisotopic (exact) mass is 510 g/mol. The molecule has 2 N–H and O–H groups in total. The van der Waals surface area contributed by atoms with E-state index in [0.717, 1.165) is 23.7 Å². The van der Waals surface area contributed by atoms with Crippen LogP contribution in [-0.4, -0.2) is 90.2 Å². The van der Waals surface area contributed by atoms with Crippen LogP contribution in [0.1, 0.15) is 46.4 Å². The fraction of sp³-hybridized carbons (Fsp3) is 0.423. The van der Waals surface area contributed by atoms with Gasteiger partial charge in [-0.15, -0.1) is 0 Å². The molecule has 3 aliphatic heterocycles. The summed E-state index contributed by atoms with van der Waals surface area (Å²) in [5, 5.41) is 11.9. The summed E-state index contributed by atoms with van der Waals surface area (Å²) in [5.74, 6) is -1.35. The molecule has 2 saturated heterocycles. The Kier molecular flexibility index (Phi) is 8.02. The van der Waals surface area contributed by atoms with E-state index < -0.39 is 29.7 Å². The lowest BCUT2D eigenvalue weighted by atomic mass is 10.0. The van der Waals surface area contributed by atoms with Crippen molar-refractivity contribution in [1.29, 1.82) is 0 Å². The number of rotatable bonds is 9. The summed E-state index contributed by atoms with van der Waals surface area (Å²) < 4.78 is 11.5. The summed E-state index contributed by atoms with van der Waals surface area (Å²) >= 11 is 0. The summed E-state index contributed by atoms with van der Waals surface area (Å²) in [7, 11) is 1.63. The number of hydrogen-bond donors (Lipinski definition) is 2. The maximum absolute atomic E-state index is 12.9. The molecule has 1 atom stereocenters. The van der Waals surface area contributed by atoms with Gasteiger partial charge in [0, 0.05) is 38.3 Å². The standard InChI is InChI=1S/C26H30N4O7/c1-16(29-9-7-17(31)8-10-29)13-19(15-27-2)37-12-11-36-18-3-4-20-21(14-18)26(35)30(25(20)34)22-5-6-23(32)28-24(22)33/h3-4,13-15,17,22,31H,1,5-12H2,2H3,(H,28,32,33)/b19-13+,27-15-. The quantitative estimate of drug-likeness (QED) is 0.165. The van der Waals surface area contributed by atoms with Crippen LogP contribution in [-0.2, 0) is 14.3 Å². The molecule has 0 spiro atoms. The zero-order valence-corrected chi connectivity index (χ0v) is 20.6. The van der Waals surface area contributed by atoms with E-state index in [1.807, 2.05) is 0 Å². The van der Waals surface area contributed by atoms with Crippen molar-refractivity contribution in [2.24, 2.45) is 4.99 Å². The van der Waals surface area contributed by atoms with Crippen molar-refractivity contribution in [1.82, 2.24) is 15.1 Å². The molecule has 0 saturated carbocycles. The van der Waals surface area contributed by atoms with Crippen LogP contribution >= 0.6 is 0 Å². The number of likely N-dealkylation sites (tertiary alicyclic amines) is 1. The normalized spacial score (nSPS) is 20.9. The zero-order chi connectivity index (χ0) is 26.5. The van der Waals surface area contributed by atoms with Crippen LogP contribution in [0.2, 0.25) is 0 Å². The number of fused-ring (bicyclic) bond motifs is 1. The van der Waals surface area contributed by atoms with Gasteiger partial charge in [0.05, 0.1) is 23.4 Å². The minimum absolute atomic E-state index is 0.0614. The highest BCUT2D eigenvalue weighted by molar-refractivity contribution is 6.23. The number of aliphatic hydroxyl groups excluding tert-OH is 1. The van der Waals surface area contributed by atoms with E-state index in [1.54, 1.807) is 25.4 Å². The first-order chi connectivity index (χ1) is 17.8. The minimum Gasteiger partial charge on any atom is -0.490 e. The molecule has 3 aliphatic rings. The Hall–Kier alpha value is -3.99. The van der Waals surface area contributed by atoms with Gasteiger partial charge in [-0.3, -0.25) is 34.4 Å². The summed E-state index contributed by atoms with van der Waals surface area (Å²) in [6, 6.07) is 3.53. The zero-order valence-electron chi connectivity index (χ0n) is 20.6. The number of aliphatic hydroxyl groups is 1. The van der Waals surface area contributed by atoms with Gasteiger partial charge in [0.2, 0.25) is 11.8 Å². The fourth-order valence-electron chi connectivity index (χ4n) is 4.51. The maximum atomic E-state index is 12.9. The first-order valence-electron chi connectivity index (χ1n) is 12.2. The van der Waals surface area contributed by atoms with E-state index in [2.05, 4.69) is 21.8 Å². The van der Waals surface area contributed by atoms with E-state index >= 15 is 0 Å². The number of piperidine rings is 2.